The molecular formula is C10H11NO3. The van der Waals surface area contributed by atoms with Gasteiger partial charge in [-0.15, -0.1) is 6.58 Å². The highest BCUT2D eigenvalue weighted by molar-refractivity contribution is 5.41. The molecule has 0 aliphatic heterocycles. The Morgan fingerprint density at radius 1 is 1.64 bits per heavy atom. The van der Waals surface area contributed by atoms with Crippen molar-refractivity contribution in [1.29, 1.82) is 0 Å². The van der Waals surface area contributed by atoms with Gasteiger partial charge in [-0.1, -0.05) is 12.1 Å². The lowest BCUT2D eigenvalue weighted by Crippen LogP contribution is -1.98. The molecule has 0 fully saturated rings. The minimum Gasteiger partial charge on any atom is -0.384 e. The molecule has 0 saturated carbocycles. The second-order valence-electron chi connectivity index (χ2n) is 2.98. The highest BCUT2D eigenvalue weighted by Gasteiger charge is 2.12. The van der Waals surface area contributed by atoms with Crippen molar-refractivity contribution in [2.75, 3.05) is 0 Å². The first-order chi connectivity index (χ1) is 6.56. The van der Waals surface area contributed by atoms with Gasteiger partial charge in [0.2, 0.25) is 0 Å². The fourth-order valence-corrected chi connectivity index (χ4v) is 1.19. The van der Waals surface area contributed by atoms with Crippen molar-refractivity contribution < 1.29 is 10.0 Å². The van der Waals surface area contributed by atoms with E-state index < -0.39 is 11.0 Å². The molecule has 4 nitrogen and oxygen atoms in total. The fourth-order valence-electron chi connectivity index (χ4n) is 1.19. The number of hydrogen-bond acceptors (Lipinski definition) is 3. The summed E-state index contributed by atoms with van der Waals surface area (Å²) in [5.74, 6) is 0. The third kappa shape index (κ3) is 1.97. The molecule has 74 valence electrons. The Bertz CT molecular complexity index is 374. The van der Waals surface area contributed by atoms with Crippen molar-refractivity contribution in [1.82, 2.24) is 0 Å². The van der Waals surface area contributed by atoms with Gasteiger partial charge >= 0.3 is 0 Å². The normalized spacial score (nSPS) is 12.1. The van der Waals surface area contributed by atoms with Crippen LogP contribution in [-0.2, 0) is 0 Å². The lowest BCUT2D eigenvalue weighted by Gasteiger charge is -2.08. The van der Waals surface area contributed by atoms with Crippen molar-refractivity contribution in [2.24, 2.45) is 0 Å². The fraction of sp³-hybridized carbons (Fsp3) is 0.200. The van der Waals surface area contributed by atoms with Crippen LogP contribution in [0, 0.1) is 17.0 Å². The average Bonchev–Trinajstić information content (AvgIpc) is 2.17. The Balaban J connectivity index is 3.20. The maximum absolute atomic E-state index is 10.5. The Morgan fingerprint density at radius 3 is 2.79 bits per heavy atom. The summed E-state index contributed by atoms with van der Waals surface area (Å²) >= 11 is 0. The lowest BCUT2D eigenvalue weighted by atomic mass is 10.0. The van der Waals surface area contributed by atoms with Crippen molar-refractivity contribution in [2.45, 2.75) is 13.0 Å². The summed E-state index contributed by atoms with van der Waals surface area (Å²) in [5, 5.41) is 19.9. The second kappa shape index (κ2) is 4.02. The number of aliphatic hydroxyl groups is 1. The van der Waals surface area contributed by atoms with Gasteiger partial charge in [-0.25, -0.2) is 0 Å². The van der Waals surface area contributed by atoms with E-state index >= 15 is 0 Å². The Kier molecular flexibility index (Phi) is 2.99. The molecule has 0 bridgehead atoms. The molecule has 1 unspecified atom stereocenters. The summed E-state index contributed by atoms with van der Waals surface area (Å²) in [6.45, 7) is 5.22. The van der Waals surface area contributed by atoms with Gasteiger partial charge in [0.05, 0.1) is 11.0 Å². The number of hydrogen-bond donors (Lipinski definition) is 1. The third-order valence-electron chi connectivity index (χ3n) is 2.02. The molecule has 1 aromatic carbocycles. The zero-order valence-electron chi connectivity index (χ0n) is 7.80. The van der Waals surface area contributed by atoms with E-state index in [-0.39, 0.29) is 5.69 Å². The molecule has 0 saturated heterocycles. The standard InChI is InChI=1S/C10H11NO3/c1-3-10(12)9-6-8(11(13)14)5-4-7(9)2/h3-6,10,12H,1H2,2H3. The van der Waals surface area contributed by atoms with Crippen LogP contribution in [0.3, 0.4) is 0 Å². The Hall–Kier alpha value is -1.68. The molecule has 1 N–H and O–H groups in total. The van der Waals surface area contributed by atoms with Gasteiger partial charge in [0.25, 0.3) is 5.69 Å². The largest absolute Gasteiger partial charge is 0.384 e. The Labute approximate surface area is 81.6 Å². The number of nitro groups is 1. The van der Waals surface area contributed by atoms with E-state index in [0.29, 0.717) is 5.56 Å². The molecule has 0 radical (unpaired) electrons. The van der Waals surface area contributed by atoms with E-state index in [0.717, 1.165) is 5.56 Å². The van der Waals surface area contributed by atoms with E-state index in [1.807, 2.05) is 0 Å². The van der Waals surface area contributed by atoms with Gasteiger partial charge in [0.15, 0.2) is 0 Å². The summed E-state index contributed by atoms with van der Waals surface area (Å²) in [6.07, 6.45) is 0.487. The molecule has 1 atom stereocenters. The van der Waals surface area contributed by atoms with Gasteiger partial charge in [-0.05, 0) is 18.1 Å². The maximum atomic E-state index is 10.5. The van der Waals surface area contributed by atoms with E-state index in [2.05, 4.69) is 6.58 Å². The van der Waals surface area contributed by atoms with Crippen molar-refractivity contribution in [3.8, 4) is 0 Å². The van der Waals surface area contributed by atoms with Crippen LogP contribution >= 0.6 is 0 Å². The number of aryl methyl sites for hydroxylation is 1. The maximum Gasteiger partial charge on any atom is 0.269 e. The highest BCUT2D eigenvalue weighted by Crippen LogP contribution is 2.23. The molecule has 0 amide bonds. The molecule has 1 aromatic rings. The molecule has 0 heterocycles. The van der Waals surface area contributed by atoms with Gasteiger partial charge in [-0.2, -0.15) is 0 Å². The smallest absolute Gasteiger partial charge is 0.269 e. The summed E-state index contributed by atoms with van der Waals surface area (Å²) in [4.78, 5) is 9.99. The van der Waals surface area contributed by atoms with E-state index in [4.69, 9.17) is 0 Å². The van der Waals surface area contributed by atoms with E-state index in [9.17, 15) is 15.2 Å². The average molecular weight is 193 g/mol. The van der Waals surface area contributed by atoms with Crippen LogP contribution in [0.4, 0.5) is 5.69 Å². The summed E-state index contributed by atoms with van der Waals surface area (Å²) in [5.41, 5.74) is 1.31. The van der Waals surface area contributed by atoms with Gasteiger partial charge < -0.3 is 5.11 Å². The first-order valence-electron chi connectivity index (χ1n) is 4.12. The monoisotopic (exact) mass is 193 g/mol. The van der Waals surface area contributed by atoms with Crippen LogP contribution < -0.4 is 0 Å². The number of nitrogens with zero attached hydrogens (tertiary/aromatic N) is 1. The van der Waals surface area contributed by atoms with Crippen LogP contribution in [0.2, 0.25) is 0 Å². The predicted molar refractivity (Wildman–Crippen MR) is 53.0 cm³/mol. The highest BCUT2D eigenvalue weighted by atomic mass is 16.6. The Morgan fingerprint density at radius 2 is 2.29 bits per heavy atom. The van der Waals surface area contributed by atoms with E-state index in [1.54, 1.807) is 13.0 Å². The molecule has 0 aliphatic carbocycles. The van der Waals surface area contributed by atoms with Gasteiger partial charge in [0, 0.05) is 12.1 Å². The first kappa shape index (κ1) is 10.4. The van der Waals surface area contributed by atoms with Gasteiger partial charge in [-0.3, -0.25) is 10.1 Å². The third-order valence-corrected chi connectivity index (χ3v) is 2.02. The summed E-state index contributed by atoms with van der Waals surface area (Å²) < 4.78 is 0. The lowest BCUT2D eigenvalue weighted by molar-refractivity contribution is -0.385. The summed E-state index contributed by atoms with van der Waals surface area (Å²) in [6, 6.07) is 4.39. The molecular weight excluding hydrogens is 182 g/mol. The minimum absolute atomic E-state index is 0.0218. The number of aliphatic hydroxyl groups excluding tert-OH is 1. The van der Waals surface area contributed by atoms with Crippen LogP contribution in [0.5, 0.6) is 0 Å². The molecule has 1 rings (SSSR count). The van der Waals surface area contributed by atoms with Crippen LogP contribution in [-0.4, -0.2) is 10.0 Å². The zero-order chi connectivity index (χ0) is 10.7. The van der Waals surface area contributed by atoms with E-state index in [1.165, 1.54) is 18.2 Å². The summed E-state index contributed by atoms with van der Waals surface area (Å²) in [7, 11) is 0. The topological polar surface area (TPSA) is 63.4 Å². The molecule has 0 aliphatic rings. The zero-order valence-corrected chi connectivity index (χ0v) is 7.80. The van der Waals surface area contributed by atoms with Crippen LogP contribution in [0.1, 0.15) is 17.2 Å². The number of benzene rings is 1. The number of rotatable bonds is 3. The van der Waals surface area contributed by atoms with Crippen LogP contribution in [0.15, 0.2) is 30.9 Å². The quantitative estimate of drug-likeness (QED) is 0.454. The predicted octanol–water partition coefficient (Wildman–Crippen LogP) is 2.12. The molecule has 0 aromatic heterocycles. The first-order valence-corrected chi connectivity index (χ1v) is 4.12. The van der Waals surface area contributed by atoms with Crippen molar-refractivity contribution in [3.05, 3.63) is 52.1 Å². The minimum atomic E-state index is -0.852. The number of nitro benzene ring substituents is 1. The van der Waals surface area contributed by atoms with Gasteiger partial charge in [0.1, 0.15) is 0 Å². The number of non-ortho nitro benzene ring substituents is 1. The molecule has 4 heteroatoms. The van der Waals surface area contributed by atoms with Crippen molar-refractivity contribution >= 4 is 5.69 Å². The van der Waals surface area contributed by atoms with Crippen molar-refractivity contribution in [3.63, 3.8) is 0 Å². The molecule has 0 spiro atoms. The SMILES string of the molecule is C=CC(O)c1cc([N+](=O)[O-])ccc1C. The second-order valence-corrected chi connectivity index (χ2v) is 2.98. The van der Waals surface area contributed by atoms with Crippen LogP contribution in [0.25, 0.3) is 0 Å². The molecule has 14 heavy (non-hydrogen) atoms.